The SMILES string of the molecule is CCN(Cc1ccc2c(c1)OCCO2)C(=O)/C=C/c1ccc(OC(F)F)c(OC)c1. The van der Waals surface area contributed by atoms with E-state index in [1.54, 1.807) is 17.0 Å². The summed E-state index contributed by atoms with van der Waals surface area (Å²) in [6.07, 6.45) is 3.04. The molecule has 0 atom stereocenters. The Morgan fingerprint density at radius 1 is 1.13 bits per heavy atom. The summed E-state index contributed by atoms with van der Waals surface area (Å²) >= 11 is 0. The first-order valence-corrected chi connectivity index (χ1v) is 9.48. The zero-order valence-corrected chi connectivity index (χ0v) is 16.8. The Morgan fingerprint density at radius 3 is 2.60 bits per heavy atom. The van der Waals surface area contributed by atoms with Crippen LogP contribution >= 0.6 is 0 Å². The maximum Gasteiger partial charge on any atom is 0.387 e. The van der Waals surface area contributed by atoms with Crippen LogP contribution in [0.4, 0.5) is 8.78 Å². The molecular formula is C22H23F2NO5. The highest BCUT2D eigenvalue weighted by molar-refractivity contribution is 5.91. The third kappa shape index (κ3) is 5.40. The lowest BCUT2D eigenvalue weighted by molar-refractivity contribution is -0.126. The van der Waals surface area contributed by atoms with Gasteiger partial charge < -0.3 is 23.8 Å². The van der Waals surface area contributed by atoms with E-state index in [1.807, 2.05) is 25.1 Å². The number of carbonyl (C=O) groups is 1. The minimum absolute atomic E-state index is 0.0650. The molecule has 6 nitrogen and oxygen atoms in total. The molecule has 2 aromatic rings. The molecule has 0 aliphatic carbocycles. The monoisotopic (exact) mass is 419 g/mol. The largest absolute Gasteiger partial charge is 0.493 e. The van der Waals surface area contributed by atoms with Crippen LogP contribution in [0.2, 0.25) is 0 Å². The van der Waals surface area contributed by atoms with Gasteiger partial charge in [-0.15, -0.1) is 0 Å². The number of fused-ring (bicyclic) bond motifs is 1. The van der Waals surface area contributed by atoms with Gasteiger partial charge in [0.05, 0.1) is 7.11 Å². The van der Waals surface area contributed by atoms with Gasteiger partial charge in [-0.25, -0.2) is 0 Å². The highest BCUT2D eigenvalue weighted by atomic mass is 19.3. The van der Waals surface area contributed by atoms with Gasteiger partial charge in [0.2, 0.25) is 5.91 Å². The second-order valence-electron chi connectivity index (χ2n) is 6.45. The zero-order chi connectivity index (χ0) is 21.5. The fourth-order valence-electron chi connectivity index (χ4n) is 3.01. The van der Waals surface area contributed by atoms with Crippen LogP contribution in [0.3, 0.4) is 0 Å². The molecule has 1 amide bonds. The van der Waals surface area contributed by atoms with Gasteiger partial charge in [-0.2, -0.15) is 8.78 Å². The van der Waals surface area contributed by atoms with Crippen LogP contribution in [-0.4, -0.2) is 44.3 Å². The van der Waals surface area contributed by atoms with E-state index in [9.17, 15) is 13.6 Å². The number of rotatable bonds is 8. The third-order valence-corrected chi connectivity index (χ3v) is 4.50. The minimum atomic E-state index is -2.94. The number of alkyl halides is 2. The maximum atomic E-state index is 12.6. The molecule has 1 heterocycles. The molecule has 3 rings (SSSR count). The van der Waals surface area contributed by atoms with Crippen LogP contribution in [0, 0.1) is 0 Å². The molecule has 0 saturated heterocycles. The summed E-state index contributed by atoms with van der Waals surface area (Å²) in [5.74, 6) is 1.29. The van der Waals surface area contributed by atoms with Crippen molar-refractivity contribution in [1.82, 2.24) is 4.90 Å². The number of methoxy groups -OCH3 is 1. The van der Waals surface area contributed by atoms with E-state index in [0.29, 0.717) is 43.4 Å². The molecule has 0 saturated carbocycles. The smallest absolute Gasteiger partial charge is 0.387 e. The predicted molar refractivity (Wildman–Crippen MR) is 107 cm³/mol. The van der Waals surface area contributed by atoms with Crippen molar-refractivity contribution in [3.05, 3.63) is 53.6 Å². The lowest BCUT2D eigenvalue weighted by Crippen LogP contribution is -2.28. The van der Waals surface area contributed by atoms with Gasteiger partial charge in [-0.1, -0.05) is 12.1 Å². The standard InChI is InChI=1S/C22H23F2NO5/c1-3-25(14-16-5-7-17-20(13-16)29-11-10-28-17)21(26)9-6-15-4-8-18(30-22(23)24)19(12-15)27-2/h4-9,12-13,22H,3,10-11,14H2,1-2H3/b9-6+. The first-order chi connectivity index (χ1) is 14.5. The normalized spacial score (nSPS) is 12.8. The molecule has 1 aliphatic heterocycles. The van der Waals surface area contributed by atoms with Crippen molar-refractivity contribution in [2.45, 2.75) is 20.1 Å². The molecule has 0 N–H and O–H groups in total. The van der Waals surface area contributed by atoms with Crippen molar-refractivity contribution in [2.75, 3.05) is 26.9 Å². The zero-order valence-electron chi connectivity index (χ0n) is 16.8. The minimum Gasteiger partial charge on any atom is -0.493 e. The summed E-state index contributed by atoms with van der Waals surface area (Å²) in [4.78, 5) is 14.3. The van der Waals surface area contributed by atoms with Gasteiger partial charge in [0.1, 0.15) is 13.2 Å². The van der Waals surface area contributed by atoms with Crippen molar-refractivity contribution in [3.8, 4) is 23.0 Å². The second kappa shape index (κ2) is 9.96. The lowest BCUT2D eigenvalue weighted by atomic mass is 10.1. The molecule has 30 heavy (non-hydrogen) atoms. The molecular weight excluding hydrogens is 396 g/mol. The highest BCUT2D eigenvalue weighted by Crippen LogP contribution is 2.31. The van der Waals surface area contributed by atoms with Gasteiger partial charge in [0.15, 0.2) is 23.0 Å². The average molecular weight is 419 g/mol. The Kier molecular flexibility index (Phi) is 7.11. The predicted octanol–water partition coefficient (Wildman–Crippen LogP) is 4.13. The summed E-state index contributed by atoms with van der Waals surface area (Å²) in [5, 5.41) is 0. The van der Waals surface area contributed by atoms with E-state index in [0.717, 1.165) is 5.56 Å². The van der Waals surface area contributed by atoms with Gasteiger partial charge in [-0.05, 0) is 48.4 Å². The van der Waals surface area contributed by atoms with E-state index in [4.69, 9.17) is 14.2 Å². The fourth-order valence-corrected chi connectivity index (χ4v) is 3.01. The Morgan fingerprint density at radius 2 is 1.90 bits per heavy atom. The molecule has 0 bridgehead atoms. The second-order valence-corrected chi connectivity index (χ2v) is 6.45. The van der Waals surface area contributed by atoms with Gasteiger partial charge in [0, 0.05) is 19.2 Å². The third-order valence-electron chi connectivity index (χ3n) is 4.50. The number of hydrogen-bond acceptors (Lipinski definition) is 5. The Labute approximate surface area is 173 Å². The molecule has 160 valence electrons. The molecule has 0 unspecified atom stereocenters. The number of likely N-dealkylation sites (N-methyl/N-ethyl adjacent to an activating group) is 1. The maximum absolute atomic E-state index is 12.6. The van der Waals surface area contributed by atoms with Crippen molar-refractivity contribution in [2.24, 2.45) is 0 Å². The van der Waals surface area contributed by atoms with Gasteiger partial charge in [0.25, 0.3) is 0 Å². The summed E-state index contributed by atoms with van der Waals surface area (Å²) in [6, 6.07) is 10.1. The van der Waals surface area contributed by atoms with Crippen molar-refractivity contribution in [3.63, 3.8) is 0 Å². The number of halogens is 2. The van der Waals surface area contributed by atoms with E-state index >= 15 is 0 Å². The van der Waals surface area contributed by atoms with Crippen molar-refractivity contribution >= 4 is 12.0 Å². The van der Waals surface area contributed by atoms with Crippen LogP contribution < -0.4 is 18.9 Å². The Hall–Kier alpha value is -3.29. The molecule has 8 heteroatoms. The Balaban J connectivity index is 1.68. The van der Waals surface area contributed by atoms with Crippen molar-refractivity contribution < 1.29 is 32.5 Å². The van der Waals surface area contributed by atoms with E-state index < -0.39 is 6.61 Å². The summed E-state index contributed by atoms with van der Waals surface area (Å²) in [7, 11) is 1.36. The first kappa shape index (κ1) is 21.4. The average Bonchev–Trinajstić information content (AvgIpc) is 2.76. The Bertz CT molecular complexity index is 916. The number of benzene rings is 2. The molecule has 0 radical (unpaired) electrons. The fraction of sp³-hybridized carbons (Fsp3) is 0.318. The summed E-state index contributed by atoms with van der Waals surface area (Å²) < 4.78 is 45.5. The number of ether oxygens (including phenoxy) is 4. The van der Waals surface area contributed by atoms with E-state index in [1.165, 1.54) is 25.3 Å². The van der Waals surface area contributed by atoms with Gasteiger partial charge in [-0.3, -0.25) is 4.79 Å². The molecule has 1 aliphatic rings. The van der Waals surface area contributed by atoms with Crippen LogP contribution in [0.25, 0.3) is 6.08 Å². The molecule has 2 aromatic carbocycles. The summed E-state index contributed by atoms with van der Waals surface area (Å²) in [6.45, 7) is 0.906. The first-order valence-electron chi connectivity index (χ1n) is 9.48. The molecule has 0 spiro atoms. The molecule has 0 aromatic heterocycles. The lowest BCUT2D eigenvalue weighted by Gasteiger charge is -2.22. The van der Waals surface area contributed by atoms with E-state index in [-0.39, 0.29) is 17.4 Å². The molecule has 0 fully saturated rings. The van der Waals surface area contributed by atoms with Crippen LogP contribution in [0.5, 0.6) is 23.0 Å². The number of carbonyl (C=O) groups excluding carboxylic acids is 1. The number of hydrogen-bond donors (Lipinski definition) is 0. The van der Waals surface area contributed by atoms with Crippen LogP contribution in [0.15, 0.2) is 42.5 Å². The number of amides is 1. The summed E-state index contributed by atoms with van der Waals surface area (Å²) in [5.41, 5.74) is 1.55. The van der Waals surface area contributed by atoms with Crippen LogP contribution in [0.1, 0.15) is 18.1 Å². The number of nitrogens with zero attached hydrogens (tertiary/aromatic N) is 1. The van der Waals surface area contributed by atoms with Crippen LogP contribution in [-0.2, 0) is 11.3 Å². The van der Waals surface area contributed by atoms with Crippen molar-refractivity contribution in [1.29, 1.82) is 0 Å². The topological polar surface area (TPSA) is 57.2 Å². The van der Waals surface area contributed by atoms with Gasteiger partial charge >= 0.3 is 6.61 Å². The quantitative estimate of drug-likeness (QED) is 0.603. The highest BCUT2D eigenvalue weighted by Gasteiger charge is 2.15. The van der Waals surface area contributed by atoms with E-state index in [2.05, 4.69) is 4.74 Å².